The van der Waals surface area contributed by atoms with Crippen LogP contribution in [0.25, 0.3) is 0 Å². The molecule has 1 heterocycles. The number of nitrogens with zero attached hydrogens (tertiary/aromatic N) is 2. The molecule has 114 valence electrons. The maximum absolute atomic E-state index is 11.9. The van der Waals surface area contributed by atoms with Crippen molar-refractivity contribution in [2.75, 3.05) is 12.4 Å². The summed E-state index contributed by atoms with van der Waals surface area (Å²) in [4.78, 5) is 15.9. The third kappa shape index (κ3) is 4.59. The zero-order chi connectivity index (χ0) is 15.8. The quantitative estimate of drug-likeness (QED) is 0.632. The molecular formula is C16H18N4O2. The summed E-state index contributed by atoms with van der Waals surface area (Å²) in [7, 11) is 1.61. The van der Waals surface area contributed by atoms with E-state index in [0.29, 0.717) is 0 Å². The fraction of sp³-hybridized carbons (Fsp3) is 0.188. The van der Waals surface area contributed by atoms with Crippen molar-refractivity contribution in [2.45, 2.75) is 13.0 Å². The predicted molar refractivity (Wildman–Crippen MR) is 86.1 cm³/mol. The number of carbonyl (C=O) groups is 1. The second-order valence-corrected chi connectivity index (χ2v) is 4.62. The van der Waals surface area contributed by atoms with Gasteiger partial charge in [0.1, 0.15) is 11.8 Å². The Bertz CT molecular complexity index is 626. The van der Waals surface area contributed by atoms with Crippen molar-refractivity contribution in [3.63, 3.8) is 0 Å². The highest BCUT2D eigenvalue weighted by molar-refractivity contribution is 5.86. The Labute approximate surface area is 129 Å². The van der Waals surface area contributed by atoms with Crippen molar-refractivity contribution in [3.05, 3.63) is 54.4 Å². The summed E-state index contributed by atoms with van der Waals surface area (Å²) < 4.78 is 5.09. The van der Waals surface area contributed by atoms with Crippen molar-refractivity contribution in [1.82, 2.24) is 10.4 Å². The number of rotatable bonds is 6. The Kier molecular flexibility index (Phi) is 5.48. The molecule has 0 fully saturated rings. The van der Waals surface area contributed by atoms with Crippen LogP contribution in [0.15, 0.2) is 53.9 Å². The molecule has 1 amide bonds. The molecule has 0 bridgehead atoms. The zero-order valence-corrected chi connectivity index (χ0v) is 12.5. The average molecular weight is 298 g/mol. The van der Waals surface area contributed by atoms with Gasteiger partial charge in [-0.2, -0.15) is 5.10 Å². The van der Waals surface area contributed by atoms with Crippen molar-refractivity contribution in [3.8, 4) is 5.75 Å². The third-order valence-corrected chi connectivity index (χ3v) is 2.94. The highest BCUT2D eigenvalue weighted by Crippen LogP contribution is 2.15. The topological polar surface area (TPSA) is 75.6 Å². The molecule has 0 saturated carbocycles. The highest BCUT2D eigenvalue weighted by Gasteiger charge is 2.11. The number of pyridine rings is 1. The van der Waals surface area contributed by atoms with Crippen LogP contribution in [0.4, 0.5) is 5.69 Å². The van der Waals surface area contributed by atoms with E-state index in [4.69, 9.17) is 4.74 Å². The first-order chi connectivity index (χ1) is 10.7. The lowest BCUT2D eigenvalue weighted by molar-refractivity contribution is -0.121. The number of hydrogen-bond donors (Lipinski definition) is 2. The van der Waals surface area contributed by atoms with Crippen LogP contribution >= 0.6 is 0 Å². The Morgan fingerprint density at radius 3 is 2.73 bits per heavy atom. The monoisotopic (exact) mass is 298 g/mol. The maximum atomic E-state index is 11.9. The lowest BCUT2D eigenvalue weighted by atomic mass is 10.2. The van der Waals surface area contributed by atoms with Gasteiger partial charge < -0.3 is 10.1 Å². The predicted octanol–water partition coefficient (Wildman–Crippen LogP) is 2.04. The molecule has 1 aromatic heterocycles. The molecule has 1 atom stereocenters. The van der Waals surface area contributed by atoms with Gasteiger partial charge in [0.2, 0.25) is 0 Å². The summed E-state index contributed by atoms with van der Waals surface area (Å²) in [5.74, 6) is 0.541. The Morgan fingerprint density at radius 2 is 2.09 bits per heavy atom. The van der Waals surface area contributed by atoms with Crippen LogP contribution in [0, 0.1) is 0 Å². The number of methoxy groups -OCH3 is 1. The van der Waals surface area contributed by atoms with E-state index in [9.17, 15) is 4.79 Å². The van der Waals surface area contributed by atoms with E-state index < -0.39 is 6.04 Å². The smallest absolute Gasteiger partial charge is 0.262 e. The lowest BCUT2D eigenvalue weighted by Crippen LogP contribution is -2.34. The number of benzene rings is 1. The number of amides is 1. The number of aromatic nitrogens is 1. The van der Waals surface area contributed by atoms with E-state index >= 15 is 0 Å². The molecule has 0 aliphatic heterocycles. The number of anilines is 1. The summed E-state index contributed by atoms with van der Waals surface area (Å²) in [5, 5.41) is 6.99. The SMILES string of the molecule is COc1ccc(NC(C)C(=O)N/N=C/c2cccnc2)cc1. The number of hydrazone groups is 1. The number of hydrogen-bond acceptors (Lipinski definition) is 5. The van der Waals surface area contributed by atoms with E-state index in [-0.39, 0.29) is 5.91 Å². The van der Waals surface area contributed by atoms with Crippen LogP contribution in [0.1, 0.15) is 12.5 Å². The van der Waals surface area contributed by atoms with Crippen molar-refractivity contribution in [2.24, 2.45) is 5.10 Å². The van der Waals surface area contributed by atoms with E-state index in [0.717, 1.165) is 17.0 Å². The summed E-state index contributed by atoms with van der Waals surface area (Å²) >= 11 is 0. The zero-order valence-electron chi connectivity index (χ0n) is 12.5. The molecule has 2 rings (SSSR count). The minimum absolute atomic E-state index is 0.226. The van der Waals surface area contributed by atoms with Gasteiger partial charge in [0.05, 0.1) is 13.3 Å². The average Bonchev–Trinajstić information content (AvgIpc) is 2.56. The lowest BCUT2D eigenvalue weighted by Gasteiger charge is -2.13. The number of carbonyl (C=O) groups excluding carboxylic acids is 1. The highest BCUT2D eigenvalue weighted by atomic mass is 16.5. The fourth-order valence-corrected chi connectivity index (χ4v) is 1.72. The first-order valence-electron chi connectivity index (χ1n) is 6.82. The van der Waals surface area contributed by atoms with Crippen LogP contribution in [0.3, 0.4) is 0 Å². The fourth-order valence-electron chi connectivity index (χ4n) is 1.72. The molecule has 1 unspecified atom stereocenters. The van der Waals surface area contributed by atoms with E-state index in [1.165, 1.54) is 0 Å². The van der Waals surface area contributed by atoms with Gasteiger partial charge in [-0.25, -0.2) is 5.43 Å². The molecule has 0 radical (unpaired) electrons. The van der Waals surface area contributed by atoms with Gasteiger partial charge in [0.25, 0.3) is 5.91 Å². The summed E-state index contributed by atoms with van der Waals surface area (Å²) in [6.07, 6.45) is 4.89. The molecule has 6 heteroatoms. The minimum Gasteiger partial charge on any atom is -0.497 e. The number of nitrogens with one attached hydrogen (secondary N) is 2. The largest absolute Gasteiger partial charge is 0.497 e. The van der Waals surface area contributed by atoms with Gasteiger partial charge in [-0.1, -0.05) is 6.07 Å². The molecule has 2 aromatic rings. The molecule has 1 aromatic carbocycles. The van der Waals surface area contributed by atoms with Gasteiger partial charge in [0.15, 0.2) is 0 Å². The third-order valence-electron chi connectivity index (χ3n) is 2.94. The van der Waals surface area contributed by atoms with Gasteiger partial charge in [-0.05, 0) is 37.3 Å². The molecule has 6 nitrogen and oxygen atoms in total. The van der Waals surface area contributed by atoms with Crippen molar-refractivity contribution < 1.29 is 9.53 Å². The van der Waals surface area contributed by atoms with Gasteiger partial charge in [0, 0.05) is 23.6 Å². The molecule has 0 saturated heterocycles. The standard InChI is InChI=1S/C16H18N4O2/c1-12(19-14-5-7-15(22-2)8-6-14)16(21)20-18-11-13-4-3-9-17-10-13/h3-12,19H,1-2H3,(H,20,21)/b18-11+. The maximum Gasteiger partial charge on any atom is 0.262 e. The normalized spacial score (nSPS) is 11.9. The van der Waals surface area contributed by atoms with Crippen LogP contribution in [0.5, 0.6) is 5.75 Å². The van der Waals surface area contributed by atoms with Gasteiger partial charge in [-0.3, -0.25) is 9.78 Å². The van der Waals surface area contributed by atoms with E-state index in [1.807, 2.05) is 30.3 Å². The second-order valence-electron chi connectivity index (χ2n) is 4.62. The molecule has 0 aliphatic rings. The second kappa shape index (κ2) is 7.78. The van der Waals surface area contributed by atoms with Crippen molar-refractivity contribution >= 4 is 17.8 Å². The molecule has 0 aliphatic carbocycles. The molecular weight excluding hydrogens is 280 g/mol. The summed E-state index contributed by atoms with van der Waals surface area (Å²) in [6.45, 7) is 1.76. The van der Waals surface area contributed by atoms with Gasteiger partial charge in [-0.15, -0.1) is 0 Å². The van der Waals surface area contributed by atoms with Crippen molar-refractivity contribution in [1.29, 1.82) is 0 Å². The Hall–Kier alpha value is -2.89. The summed E-state index contributed by atoms with van der Waals surface area (Å²) in [5.41, 5.74) is 4.14. The minimum atomic E-state index is -0.417. The van der Waals surface area contributed by atoms with E-state index in [2.05, 4.69) is 20.8 Å². The Morgan fingerprint density at radius 1 is 1.32 bits per heavy atom. The van der Waals surface area contributed by atoms with Crippen LogP contribution in [-0.4, -0.2) is 30.3 Å². The van der Waals surface area contributed by atoms with E-state index in [1.54, 1.807) is 38.7 Å². The van der Waals surface area contributed by atoms with Crippen LogP contribution in [-0.2, 0) is 4.79 Å². The first-order valence-corrected chi connectivity index (χ1v) is 6.82. The summed E-state index contributed by atoms with van der Waals surface area (Å²) in [6, 6.07) is 10.6. The van der Waals surface area contributed by atoms with Gasteiger partial charge >= 0.3 is 0 Å². The molecule has 22 heavy (non-hydrogen) atoms. The van der Waals surface area contributed by atoms with Crippen LogP contribution < -0.4 is 15.5 Å². The first kappa shape index (κ1) is 15.5. The Balaban J connectivity index is 1.85. The number of ether oxygens (including phenoxy) is 1. The van der Waals surface area contributed by atoms with Crippen LogP contribution in [0.2, 0.25) is 0 Å². The molecule has 0 spiro atoms. The molecule has 2 N–H and O–H groups in total.